The Morgan fingerprint density at radius 3 is 2.83 bits per heavy atom. The molecule has 0 bridgehead atoms. The number of rotatable bonds is 5. The Morgan fingerprint density at radius 2 is 2.13 bits per heavy atom. The topological polar surface area (TPSA) is 55.8 Å². The summed E-state index contributed by atoms with van der Waals surface area (Å²) in [6.07, 6.45) is 3.69. The SMILES string of the molecule is CN(CCC1CCCCN1c1ccccc1C1CNC1)C(=O)O. The van der Waals surface area contributed by atoms with Crippen molar-refractivity contribution < 1.29 is 9.90 Å². The van der Waals surface area contributed by atoms with Crippen LogP contribution in [-0.4, -0.2) is 55.4 Å². The Hall–Kier alpha value is -1.75. The molecule has 1 aromatic carbocycles. The first-order chi connectivity index (χ1) is 11.2. The van der Waals surface area contributed by atoms with Crippen molar-refractivity contribution in [3.05, 3.63) is 29.8 Å². The zero-order valence-electron chi connectivity index (χ0n) is 13.9. The second-order valence-electron chi connectivity index (χ2n) is 6.75. The van der Waals surface area contributed by atoms with E-state index in [1.165, 1.54) is 29.0 Å². The fourth-order valence-electron chi connectivity index (χ4n) is 3.66. The van der Waals surface area contributed by atoms with Crippen LogP contribution in [0.1, 0.15) is 37.2 Å². The fourth-order valence-corrected chi connectivity index (χ4v) is 3.66. The molecule has 2 fully saturated rings. The van der Waals surface area contributed by atoms with Crippen molar-refractivity contribution >= 4 is 11.8 Å². The number of hydrogen-bond acceptors (Lipinski definition) is 3. The number of anilines is 1. The summed E-state index contributed by atoms with van der Waals surface area (Å²) in [5.74, 6) is 0.621. The lowest BCUT2D eigenvalue weighted by molar-refractivity contribution is 0.154. The van der Waals surface area contributed by atoms with Crippen molar-refractivity contribution in [3.63, 3.8) is 0 Å². The summed E-state index contributed by atoms with van der Waals surface area (Å²) in [7, 11) is 1.66. The maximum absolute atomic E-state index is 11.0. The summed E-state index contributed by atoms with van der Waals surface area (Å²) in [5, 5.41) is 12.4. The molecule has 2 aliphatic heterocycles. The van der Waals surface area contributed by atoms with Gasteiger partial charge in [0.25, 0.3) is 0 Å². The average molecular weight is 317 g/mol. The van der Waals surface area contributed by atoms with Crippen molar-refractivity contribution in [1.82, 2.24) is 10.2 Å². The third-order valence-corrected chi connectivity index (χ3v) is 5.22. The van der Waals surface area contributed by atoms with Gasteiger partial charge in [-0.3, -0.25) is 0 Å². The molecule has 0 spiro atoms. The van der Waals surface area contributed by atoms with E-state index in [0.717, 1.165) is 32.5 Å². The number of nitrogens with one attached hydrogen (secondary N) is 1. The minimum Gasteiger partial charge on any atom is -0.465 e. The Morgan fingerprint density at radius 1 is 1.35 bits per heavy atom. The van der Waals surface area contributed by atoms with Gasteiger partial charge in [-0.25, -0.2) is 4.79 Å². The first kappa shape index (κ1) is 16.1. The molecule has 1 unspecified atom stereocenters. The molecule has 3 rings (SSSR count). The molecule has 2 heterocycles. The maximum atomic E-state index is 11.0. The Labute approximate surface area is 138 Å². The fraction of sp³-hybridized carbons (Fsp3) is 0.611. The number of piperidine rings is 1. The number of para-hydroxylation sites is 1. The smallest absolute Gasteiger partial charge is 0.407 e. The summed E-state index contributed by atoms with van der Waals surface area (Å²) in [4.78, 5) is 15.0. The summed E-state index contributed by atoms with van der Waals surface area (Å²) in [5.41, 5.74) is 2.81. The van der Waals surface area contributed by atoms with Gasteiger partial charge < -0.3 is 20.2 Å². The van der Waals surface area contributed by atoms with Gasteiger partial charge in [-0.15, -0.1) is 0 Å². The number of hydrogen-bond donors (Lipinski definition) is 2. The van der Waals surface area contributed by atoms with Gasteiger partial charge in [-0.05, 0) is 37.3 Å². The summed E-state index contributed by atoms with van der Waals surface area (Å²) in [6, 6.07) is 9.21. The van der Waals surface area contributed by atoms with Crippen LogP contribution in [-0.2, 0) is 0 Å². The van der Waals surface area contributed by atoms with E-state index in [9.17, 15) is 4.79 Å². The van der Waals surface area contributed by atoms with E-state index >= 15 is 0 Å². The molecule has 0 saturated carbocycles. The summed E-state index contributed by atoms with van der Waals surface area (Å²) >= 11 is 0. The highest BCUT2D eigenvalue weighted by Gasteiger charge is 2.28. The van der Waals surface area contributed by atoms with Gasteiger partial charge >= 0.3 is 6.09 Å². The van der Waals surface area contributed by atoms with Crippen LogP contribution >= 0.6 is 0 Å². The van der Waals surface area contributed by atoms with Crippen molar-refractivity contribution in [3.8, 4) is 0 Å². The quantitative estimate of drug-likeness (QED) is 0.877. The molecule has 0 aromatic heterocycles. The summed E-state index contributed by atoms with van der Waals surface area (Å²) < 4.78 is 0. The number of carboxylic acid groups (broad SMARTS) is 1. The van der Waals surface area contributed by atoms with Gasteiger partial charge in [0.1, 0.15) is 0 Å². The van der Waals surface area contributed by atoms with Crippen molar-refractivity contribution in [2.75, 3.05) is 38.1 Å². The molecule has 2 aliphatic rings. The molecule has 5 nitrogen and oxygen atoms in total. The van der Waals surface area contributed by atoms with E-state index in [1.54, 1.807) is 7.05 Å². The number of nitrogens with zero attached hydrogens (tertiary/aromatic N) is 2. The third kappa shape index (κ3) is 3.61. The van der Waals surface area contributed by atoms with E-state index in [0.29, 0.717) is 18.5 Å². The van der Waals surface area contributed by atoms with Crippen LogP contribution in [0, 0.1) is 0 Å². The lowest BCUT2D eigenvalue weighted by Crippen LogP contribution is -2.44. The van der Waals surface area contributed by atoms with Gasteiger partial charge in [0.2, 0.25) is 0 Å². The Balaban J connectivity index is 1.74. The highest BCUT2D eigenvalue weighted by Crippen LogP contribution is 2.34. The average Bonchev–Trinajstić information content (AvgIpc) is 2.52. The second-order valence-corrected chi connectivity index (χ2v) is 6.75. The number of carbonyl (C=O) groups is 1. The molecule has 1 aromatic rings. The molecule has 5 heteroatoms. The predicted octanol–water partition coefficient (Wildman–Crippen LogP) is 2.73. The van der Waals surface area contributed by atoms with E-state index in [4.69, 9.17) is 5.11 Å². The van der Waals surface area contributed by atoms with Crippen LogP contribution in [0.2, 0.25) is 0 Å². The largest absolute Gasteiger partial charge is 0.465 e. The highest BCUT2D eigenvalue weighted by atomic mass is 16.4. The number of benzene rings is 1. The van der Waals surface area contributed by atoms with Gasteiger partial charge in [0.05, 0.1) is 0 Å². The molecule has 1 amide bonds. The van der Waals surface area contributed by atoms with Crippen molar-refractivity contribution in [2.24, 2.45) is 0 Å². The zero-order chi connectivity index (χ0) is 16.2. The van der Waals surface area contributed by atoms with E-state index in [1.807, 2.05) is 0 Å². The van der Waals surface area contributed by atoms with E-state index in [-0.39, 0.29) is 0 Å². The molecule has 2 saturated heterocycles. The van der Waals surface area contributed by atoms with Gasteiger partial charge in [0.15, 0.2) is 0 Å². The molecule has 126 valence electrons. The minimum atomic E-state index is -0.840. The second kappa shape index (κ2) is 7.21. The third-order valence-electron chi connectivity index (χ3n) is 5.22. The predicted molar refractivity (Wildman–Crippen MR) is 92.3 cm³/mol. The normalized spacial score (nSPS) is 21.8. The van der Waals surface area contributed by atoms with Crippen LogP contribution in [0.4, 0.5) is 10.5 Å². The van der Waals surface area contributed by atoms with Gasteiger partial charge in [-0.2, -0.15) is 0 Å². The Bertz CT molecular complexity index is 545. The maximum Gasteiger partial charge on any atom is 0.407 e. The standard InChI is InChI=1S/C18H27N3O2/c1-20(18(22)23)11-9-15-6-4-5-10-21(15)17-8-3-2-7-16(17)14-12-19-13-14/h2-3,7-8,14-15,19H,4-6,9-13H2,1H3,(H,22,23). The highest BCUT2D eigenvalue weighted by molar-refractivity contribution is 5.64. The van der Waals surface area contributed by atoms with Crippen LogP contribution in [0.3, 0.4) is 0 Å². The zero-order valence-corrected chi connectivity index (χ0v) is 13.9. The van der Waals surface area contributed by atoms with Crippen LogP contribution in [0.25, 0.3) is 0 Å². The van der Waals surface area contributed by atoms with Gasteiger partial charge in [-0.1, -0.05) is 18.2 Å². The molecule has 0 radical (unpaired) electrons. The van der Waals surface area contributed by atoms with Crippen LogP contribution in [0.5, 0.6) is 0 Å². The van der Waals surface area contributed by atoms with Crippen molar-refractivity contribution in [1.29, 1.82) is 0 Å². The van der Waals surface area contributed by atoms with Crippen LogP contribution in [0.15, 0.2) is 24.3 Å². The molecule has 1 atom stereocenters. The first-order valence-electron chi connectivity index (χ1n) is 8.67. The first-order valence-corrected chi connectivity index (χ1v) is 8.67. The summed E-state index contributed by atoms with van der Waals surface area (Å²) in [6.45, 7) is 3.82. The molecular weight excluding hydrogens is 290 g/mol. The monoisotopic (exact) mass is 317 g/mol. The van der Waals surface area contributed by atoms with Gasteiger partial charge in [0, 0.05) is 50.9 Å². The number of amides is 1. The lowest BCUT2D eigenvalue weighted by atomic mass is 9.90. The molecule has 0 aliphatic carbocycles. The minimum absolute atomic E-state index is 0.444. The van der Waals surface area contributed by atoms with Crippen LogP contribution < -0.4 is 10.2 Å². The lowest BCUT2D eigenvalue weighted by Gasteiger charge is -2.41. The molecular formula is C18H27N3O2. The Kier molecular flexibility index (Phi) is 5.06. The molecule has 23 heavy (non-hydrogen) atoms. The van der Waals surface area contributed by atoms with E-state index < -0.39 is 6.09 Å². The molecule has 2 N–H and O–H groups in total. The van der Waals surface area contributed by atoms with Crippen molar-refractivity contribution in [2.45, 2.75) is 37.6 Å². The van der Waals surface area contributed by atoms with E-state index in [2.05, 4.69) is 34.5 Å².